The standard InChI is InChI=1S/C23H27NO4/c24-21(26)15-5-4-14-11-16-13(10-12-2-1-3-12)6-9-23-17(25)7-8-22(16,27)20(23)18(14)19(15)28-23/h4-5,12-13,16,20,27H,1-3,6-11H2,(H2,24,26)/t13?,16-,20?,22+,23+/m0/s1. The van der Waals surface area contributed by atoms with Crippen molar-refractivity contribution in [3.8, 4) is 5.75 Å². The van der Waals surface area contributed by atoms with Gasteiger partial charge in [-0.3, -0.25) is 9.59 Å². The van der Waals surface area contributed by atoms with E-state index in [1.54, 1.807) is 6.07 Å². The summed E-state index contributed by atoms with van der Waals surface area (Å²) in [5.74, 6) is 1.04. The first-order chi connectivity index (χ1) is 13.4. The van der Waals surface area contributed by atoms with Gasteiger partial charge in [-0.25, -0.2) is 0 Å². The smallest absolute Gasteiger partial charge is 0.252 e. The lowest BCUT2D eigenvalue weighted by molar-refractivity contribution is -0.160. The van der Waals surface area contributed by atoms with Gasteiger partial charge >= 0.3 is 0 Å². The molecule has 5 nitrogen and oxygen atoms in total. The van der Waals surface area contributed by atoms with Crippen molar-refractivity contribution < 1.29 is 19.4 Å². The summed E-state index contributed by atoms with van der Waals surface area (Å²) >= 11 is 0. The van der Waals surface area contributed by atoms with E-state index in [4.69, 9.17) is 10.5 Å². The minimum atomic E-state index is -1.01. The average Bonchev–Trinajstić information content (AvgIpc) is 2.99. The summed E-state index contributed by atoms with van der Waals surface area (Å²) in [6.45, 7) is 0. The number of hydrogen-bond donors (Lipinski definition) is 2. The molecule has 1 aromatic rings. The van der Waals surface area contributed by atoms with Crippen LogP contribution in [0.5, 0.6) is 5.75 Å². The molecule has 3 N–H and O–H groups in total. The SMILES string of the molecule is NC(=O)c1ccc2c3c1O[C@]14CCC(CC5CCC5)[C@H](C2)[C@](O)(CCC1=O)C34. The van der Waals surface area contributed by atoms with Gasteiger partial charge in [-0.2, -0.15) is 0 Å². The van der Waals surface area contributed by atoms with Crippen molar-refractivity contribution in [1.82, 2.24) is 0 Å². The van der Waals surface area contributed by atoms with Crippen molar-refractivity contribution in [3.63, 3.8) is 0 Å². The molecule has 1 heterocycles. The Morgan fingerprint density at radius 2 is 2.07 bits per heavy atom. The normalized spacial score (nSPS) is 40.5. The number of rotatable bonds is 3. The number of Topliss-reactive ketones (excluding diaryl/α,β-unsaturated/α-hetero) is 1. The fourth-order valence-electron chi connectivity index (χ4n) is 7.22. The first-order valence-electron chi connectivity index (χ1n) is 10.8. The summed E-state index contributed by atoms with van der Waals surface area (Å²) in [6, 6.07) is 3.73. The number of nitrogens with two attached hydrogens (primary N) is 1. The first-order valence-corrected chi connectivity index (χ1v) is 10.8. The van der Waals surface area contributed by atoms with Crippen LogP contribution in [-0.2, 0) is 11.2 Å². The summed E-state index contributed by atoms with van der Waals surface area (Å²) in [6.07, 6.45) is 8.30. The molecule has 2 unspecified atom stereocenters. The van der Waals surface area contributed by atoms with Crippen molar-refractivity contribution in [1.29, 1.82) is 0 Å². The number of carbonyl (C=O) groups excluding carboxylic acids is 2. The van der Waals surface area contributed by atoms with Crippen molar-refractivity contribution in [3.05, 3.63) is 28.8 Å². The van der Waals surface area contributed by atoms with Crippen molar-refractivity contribution in [2.75, 3.05) is 0 Å². The van der Waals surface area contributed by atoms with E-state index in [-0.39, 0.29) is 17.6 Å². The van der Waals surface area contributed by atoms with E-state index in [1.807, 2.05) is 6.07 Å². The monoisotopic (exact) mass is 381 g/mol. The maximum Gasteiger partial charge on any atom is 0.252 e. The molecule has 4 aliphatic carbocycles. The van der Waals surface area contributed by atoms with Gasteiger partial charge < -0.3 is 15.6 Å². The molecule has 0 saturated heterocycles. The Kier molecular flexibility index (Phi) is 3.27. The Balaban J connectivity index is 1.55. The molecule has 5 aliphatic rings. The second kappa shape index (κ2) is 5.38. The fraction of sp³-hybridized carbons (Fsp3) is 0.652. The van der Waals surface area contributed by atoms with E-state index in [9.17, 15) is 14.7 Å². The van der Waals surface area contributed by atoms with Gasteiger partial charge in [0.2, 0.25) is 0 Å². The third-order valence-corrected chi connectivity index (χ3v) is 8.71. The van der Waals surface area contributed by atoms with Crippen LogP contribution in [0.2, 0.25) is 0 Å². The van der Waals surface area contributed by atoms with E-state index in [1.165, 1.54) is 19.3 Å². The number of primary amides is 1. The minimum absolute atomic E-state index is 0.0877. The zero-order valence-electron chi connectivity index (χ0n) is 16.1. The van der Waals surface area contributed by atoms with Gasteiger partial charge in [-0.05, 0) is 61.5 Å². The maximum atomic E-state index is 13.2. The Labute approximate surface area is 164 Å². The van der Waals surface area contributed by atoms with Crippen LogP contribution in [-0.4, -0.2) is 28.0 Å². The van der Waals surface area contributed by atoms with Gasteiger partial charge in [0.05, 0.1) is 17.1 Å². The van der Waals surface area contributed by atoms with Crippen molar-refractivity contribution in [2.45, 2.75) is 74.9 Å². The summed E-state index contributed by atoms with van der Waals surface area (Å²) in [5, 5.41) is 12.1. The fourth-order valence-corrected chi connectivity index (χ4v) is 7.22. The Morgan fingerprint density at radius 3 is 2.79 bits per heavy atom. The number of ketones is 1. The van der Waals surface area contributed by atoms with Gasteiger partial charge in [-0.15, -0.1) is 0 Å². The molecule has 148 valence electrons. The lowest BCUT2D eigenvalue weighted by atomic mass is 9.54. The number of aliphatic hydroxyl groups is 1. The van der Waals surface area contributed by atoms with Crippen LogP contribution in [0.25, 0.3) is 0 Å². The number of benzene rings is 1. The van der Waals surface area contributed by atoms with Crippen molar-refractivity contribution in [2.24, 2.45) is 23.5 Å². The van der Waals surface area contributed by atoms with Crippen LogP contribution in [0, 0.1) is 17.8 Å². The summed E-state index contributed by atoms with van der Waals surface area (Å²) in [5.41, 5.74) is 6.04. The Morgan fingerprint density at radius 1 is 1.25 bits per heavy atom. The molecule has 28 heavy (non-hydrogen) atoms. The topological polar surface area (TPSA) is 89.6 Å². The highest BCUT2D eigenvalue weighted by atomic mass is 16.5. The largest absolute Gasteiger partial charge is 0.478 e. The predicted molar refractivity (Wildman–Crippen MR) is 102 cm³/mol. The molecule has 0 spiro atoms. The lowest BCUT2D eigenvalue weighted by Crippen LogP contribution is -2.62. The van der Waals surface area contributed by atoms with E-state index >= 15 is 0 Å². The number of carbonyl (C=O) groups is 2. The summed E-state index contributed by atoms with van der Waals surface area (Å²) < 4.78 is 6.41. The Bertz CT molecular complexity index is 906. The van der Waals surface area contributed by atoms with E-state index in [2.05, 4.69) is 0 Å². The summed E-state index contributed by atoms with van der Waals surface area (Å²) in [7, 11) is 0. The second-order valence-electron chi connectivity index (χ2n) is 9.86. The zero-order chi connectivity index (χ0) is 19.3. The second-order valence-corrected chi connectivity index (χ2v) is 9.86. The van der Waals surface area contributed by atoms with Crippen LogP contribution in [0.1, 0.15) is 78.8 Å². The predicted octanol–water partition coefficient (Wildman–Crippen LogP) is 2.87. The van der Waals surface area contributed by atoms with Crippen LogP contribution < -0.4 is 10.5 Å². The maximum absolute atomic E-state index is 13.2. The molecular formula is C23H27NO4. The molecule has 3 fully saturated rings. The molecule has 6 rings (SSSR count). The highest BCUT2D eigenvalue weighted by molar-refractivity contribution is 5.99. The lowest BCUT2D eigenvalue weighted by Gasteiger charge is -2.52. The molecule has 0 radical (unpaired) electrons. The quantitative estimate of drug-likeness (QED) is 0.842. The molecule has 1 amide bonds. The highest BCUT2D eigenvalue weighted by Gasteiger charge is 2.70. The molecule has 5 heteroatoms. The zero-order valence-corrected chi connectivity index (χ0v) is 16.1. The molecule has 4 bridgehead atoms. The van der Waals surface area contributed by atoms with E-state index in [0.717, 1.165) is 36.3 Å². The van der Waals surface area contributed by atoms with E-state index in [0.29, 0.717) is 36.5 Å². The van der Waals surface area contributed by atoms with Crippen molar-refractivity contribution >= 4 is 11.7 Å². The number of hydrogen-bond acceptors (Lipinski definition) is 4. The highest BCUT2D eigenvalue weighted by Crippen LogP contribution is 2.66. The minimum Gasteiger partial charge on any atom is -0.478 e. The number of ether oxygens (including phenoxy) is 1. The first kappa shape index (κ1) is 17.0. The third kappa shape index (κ3) is 1.91. The third-order valence-electron chi connectivity index (χ3n) is 8.71. The van der Waals surface area contributed by atoms with Gasteiger partial charge in [0.15, 0.2) is 11.4 Å². The molecule has 3 saturated carbocycles. The van der Waals surface area contributed by atoms with Crippen LogP contribution >= 0.6 is 0 Å². The molecule has 5 atom stereocenters. The number of amides is 1. The molecule has 1 aliphatic heterocycles. The Hall–Kier alpha value is -1.88. The van der Waals surface area contributed by atoms with Gasteiger partial charge in [0.1, 0.15) is 5.75 Å². The average molecular weight is 381 g/mol. The molecule has 0 aromatic heterocycles. The van der Waals surface area contributed by atoms with Gasteiger partial charge in [0, 0.05) is 12.0 Å². The summed E-state index contributed by atoms with van der Waals surface area (Å²) in [4.78, 5) is 25.2. The van der Waals surface area contributed by atoms with Crippen LogP contribution in [0.15, 0.2) is 12.1 Å². The van der Waals surface area contributed by atoms with Crippen LogP contribution in [0.3, 0.4) is 0 Å². The van der Waals surface area contributed by atoms with E-state index < -0.39 is 17.1 Å². The van der Waals surface area contributed by atoms with Gasteiger partial charge in [-0.1, -0.05) is 25.3 Å². The van der Waals surface area contributed by atoms with Crippen LogP contribution in [0.4, 0.5) is 0 Å². The molecular weight excluding hydrogens is 354 g/mol. The molecule has 1 aromatic carbocycles. The van der Waals surface area contributed by atoms with Gasteiger partial charge in [0.25, 0.3) is 5.91 Å².